The van der Waals surface area contributed by atoms with Gasteiger partial charge in [0, 0.05) is 10.9 Å². The number of halogens is 2. The Morgan fingerprint density at radius 2 is 1.87 bits per heavy atom. The van der Waals surface area contributed by atoms with Crippen LogP contribution in [0.4, 0.5) is 8.78 Å². The highest BCUT2D eigenvalue weighted by Crippen LogP contribution is 2.66. The van der Waals surface area contributed by atoms with Crippen molar-refractivity contribution in [1.29, 1.82) is 0 Å². The van der Waals surface area contributed by atoms with E-state index in [1.165, 1.54) is 19.9 Å². The molecule has 6 nitrogen and oxygen atoms in total. The van der Waals surface area contributed by atoms with E-state index in [9.17, 15) is 18.1 Å². The van der Waals surface area contributed by atoms with Crippen molar-refractivity contribution in [3.63, 3.8) is 0 Å². The van der Waals surface area contributed by atoms with Gasteiger partial charge in [0.05, 0.1) is 13.2 Å². The minimum absolute atomic E-state index is 0.129. The van der Waals surface area contributed by atoms with Crippen LogP contribution in [-0.4, -0.2) is 24.3 Å². The van der Waals surface area contributed by atoms with Gasteiger partial charge in [-0.25, -0.2) is 4.79 Å². The topological polar surface area (TPSA) is 86.0 Å². The van der Waals surface area contributed by atoms with Crippen LogP contribution in [0.2, 0.25) is 0 Å². The lowest BCUT2D eigenvalue weighted by atomic mass is 10.1. The highest BCUT2D eigenvalue weighted by molar-refractivity contribution is 7.54. The van der Waals surface area contributed by atoms with Gasteiger partial charge < -0.3 is 18.6 Å². The molecule has 0 saturated carbocycles. The Bertz CT molecular complexity index is 760. The van der Waals surface area contributed by atoms with E-state index in [4.69, 9.17) is 18.6 Å². The van der Waals surface area contributed by atoms with Crippen LogP contribution in [0, 0.1) is 0 Å². The average Bonchev–Trinajstić information content (AvgIpc) is 2.90. The van der Waals surface area contributed by atoms with Gasteiger partial charge in [0.2, 0.25) is 5.76 Å². The molecule has 23 heavy (non-hydrogen) atoms. The fourth-order valence-corrected chi connectivity index (χ4v) is 3.57. The monoisotopic (exact) mass is 348 g/mol. The number of alkyl halides is 2. The molecule has 0 amide bonds. The Labute approximate surface area is 130 Å². The molecule has 0 spiro atoms. The lowest BCUT2D eigenvalue weighted by molar-refractivity contribution is 0.0361. The summed E-state index contributed by atoms with van der Waals surface area (Å²) >= 11 is 0. The van der Waals surface area contributed by atoms with Crippen LogP contribution in [0.3, 0.4) is 0 Å². The highest BCUT2D eigenvalue weighted by Gasteiger charge is 2.54. The Kier molecular flexibility index (Phi) is 4.89. The van der Waals surface area contributed by atoms with Crippen LogP contribution in [0.1, 0.15) is 30.0 Å². The van der Waals surface area contributed by atoms with Crippen LogP contribution in [0.5, 0.6) is 0 Å². The zero-order valence-corrected chi connectivity index (χ0v) is 13.3. The van der Waals surface area contributed by atoms with Crippen molar-refractivity contribution in [3.8, 4) is 0 Å². The van der Waals surface area contributed by atoms with Crippen LogP contribution in [-0.2, 0) is 19.3 Å². The Morgan fingerprint density at radius 1 is 1.26 bits per heavy atom. The first-order valence-electron chi connectivity index (χ1n) is 6.79. The minimum atomic E-state index is -4.71. The van der Waals surface area contributed by atoms with Gasteiger partial charge in [-0.05, 0) is 38.1 Å². The molecule has 0 radical (unpaired) electrons. The first-order valence-corrected chi connectivity index (χ1v) is 8.33. The first kappa shape index (κ1) is 17.6. The largest absolute Gasteiger partial charge is 0.475 e. The summed E-state index contributed by atoms with van der Waals surface area (Å²) in [6.07, 6.45) is 0. The van der Waals surface area contributed by atoms with Gasteiger partial charge >= 0.3 is 19.2 Å². The summed E-state index contributed by atoms with van der Waals surface area (Å²) in [6, 6.07) is 4.31. The molecule has 0 atom stereocenters. The van der Waals surface area contributed by atoms with Gasteiger partial charge in [-0.1, -0.05) is 0 Å². The number of fused-ring (bicyclic) bond motifs is 1. The number of hydrogen-bond donors (Lipinski definition) is 1. The molecular formula is C14H15F2O6P. The molecule has 1 heterocycles. The molecule has 9 heteroatoms. The second kappa shape index (κ2) is 6.39. The fraction of sp³-hybridized carbons (Fsp3) is 0.357. The average molecular weight is 348 g/mol. The molecule has 0 saturated heterocycles. The standard InChI is InChI=1S/C14H15F2O6P/c1-3-20-23(19,21-4-2)14(15,16)10-5-6-11-9(7-10)8-12(22-11)13(17)18/h5-8H,3-4H2,1-2H3,(H,17,18). The number of furan rings is 1. The van der Waals surface area contributed by atoms with E-state index in [1.807, 2.05) is 0 Å². The molecule has 0 unspecified atom stereocenters. The lowest BCUT2D eigenvalue weighted by Gasteiger charge is -2.25. The highest BCUT2D eigenvalue weighted by atomic mass is 31.2. The molecule has 2 aromatic rings. The SMILES string of the molecule is CCOP(=O)(OCC)C(F)(F)c1ccc2oc(C(=O)O)cc2c1. The maximum Gasteiger partial charge on any atom is 0.404 e. The van der Waals surface area contributed by atoms with Gasteiger partial charge in [0.15, 0.2) is 0 Å². The van der Waals surface area contributed by atoms with E-state index in [0.717, 1.165) is 18.2 Å². The zero-order valence-electron chi connectivity index (χ0n) is 12.4. The fourth-order valence-electron chi connectivity index (χ4n) is 2.03. The number of carbonyl (C=O) groups is 1. The molecule has 0 bridgehead atoms. The third kappa shape index (κ3) is 3.15. The Hall–Kier alpha value is -1.76. The summed E-state index contributed by atoms with van der Waals surface area (Å²) in [5.74, 6) is -1.69. The van der Waals surface area contributed by atoms with Crippen LogP contribution >= 0.6 is 7.60 Å². The smallest absolute Gasteiger partial charge is 0.404 e. The van der Waals surface area contributed by atoms with Gasteiger partial charge in [0.1, 0.15) is 5.58 Å². The number of rotatable bonds is 7. The molecule has 0 aliphatic heterocycles. The number of aromatic carboxylic acids is 1. The molecule has 0 aliphatic rings. The maximum absolute atomic E-state index is 14.6. The molecule has 2 rings (SSSR count). The van der Waals surface area contributed by atoms with Crippen molar-refractivity contribution in [3.05, 3.63) is 35.6 Å². The van der Waals surface area contributed by atoms with Crippen LogP contribution in [0.15, 0.2) is 28.7 Å². The summed E-state index contributed by atoms with van der Waals surface area (Å²) < 4.78 is 56.0. The summed E-state index contributed by atoms with van der Waals surface area (Å²) in [7, 11) is -4.71. The predicted octanol–water partition coefficient (Wildman–Crippen LogP) is 4.45. The van der Waals surface area contributed by atoms with Gasteiger partial charge in [-0.15, -0.1) is 0 Å². The normalized spacial score (nSPS) is 12.7. The second-order valence-electron chi connectivity index (χ2n) is 4.54. The van der Waals surface area contributed by atoms with Crippen LogP contribution < -0.4 is 0 Å². The van der Waals surface area contributed by atoms with E-state index in [-0.39, 0.29) is 29.9 Å². The Morgan fingerprint density at radius 3 is 2.39 bits per heavy atom. The minimum Gasteiger partial charge on any atom is -0.475 e. The quantitative estimate of drug-likeness (QED) is 0.744. The zero-order chi connectivity index (χ0) is 17.3. The van der Waals surface area contributed by atoms with Crippen molar-refractivity contribution in [2.45, 2.75) is 19.5 Å². The number of hydrogen-bond acceptors (Lipinski definition) is 5. The molecule has 1 N–H and O–H groups in total. The molecular weight excluding hydrogens is 333 g/mol. The van der Waals surface area contributed by atoms with E-state index >= 15 is 0 Å². The summed E-state index contributed by atoms with van der Waals surface area (Å²) in [4.78, 5) is 10.9. The number of carboxylic acid groups (broad SMARTS) is 1. The van der Waals surface area contributed by atoms with Gasteiger partial charge in [-0.3, -0.25) is 4.57 Å². The van der Waals surface area contributed by atoms with Crippen molar-refractivity contribution in [1.82, 2.24) is 0 Å². The third-order valence-corrected chi connectivity index (χ3v) is 5.16. The van der Waals surface area contributed by atoms with Crippen LogP contribution in [0.25, 0.3) is 11.0 Å². The Balaban J connectivity index is 2.51. The maximum atomic E-state index is 14.6. The molecule has 126 valence electrons. The van der Waals surface area contributed by atoms with E-state index in [2.05, 4.69) is 0 Å². The van der Waals surface area contributed by atoms with Crippen molar-refractivity contribution < 1.29 is 36.7 Å². The summed E-state index contributed by atoms with van der Waals surface area (Å²) in [5.41, 5.74) is -4.36. The molecule has 0 aliphatic carbocycles. The molecule has 1 aromatic carbocycles. The number of benzene rings is 1. The predicted molar refractivity (Wildman–Crippen MR) is 77.9 cm³/mol. The van der Waals surface area contributed by atoms with E-state index in [0.29, 0.717) is 0 Å². The second-order valence-corrected chi connectivity index (χ2v) is 6.62. The van der Waals surface area contributed by atoms with Crippen molar-refractivity contribution >= 4 is 24.5 Å². The lowest BCUT2D eigenvalue weighted by Crippen LogP contribution is -2.18. The van der Waals surface area contributed by atoms with E-state index < -0.39 is 24.8 Å². The first-order chi connectivity index (χ1) is 10.7. The summed E-state index contributed by atoms with van der Waals surface area (Å²) in [6.45, 7) is 2.45. The van der Waals surface area contributed by atoms with Gasteiger partial charge in [0.25, 0.3) is 0 Å². The number of carboxylic acids is 1. The summed E-state index contributed by atoms with van der Waals surface area (Å²) in [5, 5.41) is 9.01. The third-order valence-electron chi connectivity index (χ3n) is 3.02. The molecule has 1 aromatic heterocycles. The molecule has 0 fully saturated rings. The van der Waals surface area contributed by atoms with Gasteiger partial charge in [-0.2, -0.15) is 8.78 Å². The van der Waals surface area contributed by atoms with Crippen molar-refractivity contribution in [2.24, 2.45) is 0 Å². The van der Waals surface area contributed by atoms with E-state index in [1.54, 1.807) is 0 Å². The van der Waals surface area contributed by atoms with Crippen molar-refractivity contribution in [2.75, 3.05) is 13.2 Å².